The van der Waals surface area contributed by atoms with E-state index in [4.69, 9.17) is 5.73 Å². The fourth-order valence-electron chi connectivity index (χ4n) is 3.20. The first-order chi connectivity index (χ1) is 12.7. The summed E-state index contributed by atoms with van der Waals surface area (Å²) in [4.78, 5) is 29.9. The first kappa shape index (κ1) is 16.3. The van der Waals surface area contributed by atoms with Crippen molar-refractivity contribution in [2.24, 2.45) is 0 Å². The molecule has 3 heterocycles. The number of nitrogens with zero attached hydrogens (tertiary/aromatic N) is 4. The lowest BCUT2D eigenvalue weighted by atomic mass is 10.2. The van der Waals surface area contributed by atoms with E-state index in [0.29, 0.717) is 29.4 Å². The van der Waals surface area contributed by atoms with Gasteiger partial charge in [-0.2, -0.15) is 0 Å². The lowest BCUT2D eigenvalue weighted by molar-refractivity contribution is -0.127. The maximum absolute atomic E-state index is 11.6. The maximum atomic E-state index is 11.6. The molecular weight excluding hydrogens is 330 g/mol. The van der Waals surface area contributed by atoms with Crippen molar-refractivity contribution in [2.75, 3.05) is 30.7 Å². The van der Waals surface area contributed by atoms with Crippen molar-refractivity contribution in [3.05, 3.63) is 30.6 Å². The Morgan fingerprint density at radius 1 is 1.31 bits per heavy atom. The summed E-state index contributed by atoms with van der Waals surface area (Å²) in [7, 11) is 0. The number of carbonyl (C=O) groups excluding carboxylic acids is 1. The smallest absolute Gasteiger partial charge is 0.222 e. The Morgan fingerprint density at radius 3 is 3.04 bits per heavy atom. The molecule has 0 spiro atoms. The van der Waals surface area contributed by atoms with Crippen molar-refractivity contribution in [1.29, 1.82) is 0 Å². The van der Waals surface area contributed by atoms with Gasteiger partial charge in [-0.15, -0.1) is 0 Å². The van der Waals surface area contributed by atoms with E-state index < -0.39 is 0 Å². The van der Waals surface area contributed by atoms with Gasteiger partial charge in [0.1, 0.15) is 17.7 Å². The van der Waals surface area contributed by atoms with Gasteiger partial charge in [-0.3, -0.25) is 4.79 Å². The average molecular weight is 351 g/mol. The monoisotopic (exact) mass is 351 g/mol. The minimum Gasteiger partial charge on any atom is -0.399 e. The number of hydrogen-bond donors (Lipinski definition) is 3. The highest BCUT2D eigenvalue weighted by atomic mass is 16.2. The second-order valence-corrected chi connectivity index (χ2v) is 6.40. The van der Waals surface area contributed by atoms with E-state index >= 15 is 0 Å². The number of hydrogen-bond acceptors (Lipinski definition) is 6. The van der Waals surface area contributed by atoms with Crippen LogP contribution in [0.15, 0.2) is 30.6 Å². The highest BCUT2D eigenvalue weighted by Crippen LogP contribution is 2.24. The van der Waals surface area contributed by atoms with Gasteiger partial charge in [0.05, 0.1) is 0 Å². The van der Waals surface area contributed by atoms with Gasteiger partial charge in [0.2, 0.25) is 5.91 Å². The Balaban J connectivity index is 1.46. The molecule has 26 heavy (non-hydrogen) atoms. The molecule has 0 bridgehead atoms. The molecule has 8 heteroatoms. The molecule has 0 radical (unpaired) electrons. The minimum absolute atomic E-state index is 0.259. The van der Waals surface area contributed by atoms with Crippen LogP contribution in [0.5, 0.6) is 0 Å². The van der Waals surface area contributed by atoms with Crippen LogP contribution in [0.3, 0.4) is 0 Å². The summed E-state index contributed by atoms with van der Waals surface area (Å²) in [5, 5.41) is 3.32. The number of aromatic nitrogens is 4. The molecule has 3 aromatic rings. The maximum Gasteiger partial charge on any atom is 0.222 e. The van der Waals surface area contributed by atoms with Crippen LogP contribution in [-0.4, -0.2) is 50.4 Å². The molecule has 1 aliphatic heterocycles. The van der Waals surface area contributed by atoms with E-state index in [1.54, 1.807) is 0 Å². The Hall–Kier alpha value is -3.16. The summed E-state index contributed by atoms with van der Waals surface area (Å²) >= 11 is 0. The van der Waals surface area contributed by atoms with Crippen LogP contribution < -0.4 is 11.1 Å². The Labute approximate surface area is 150 Å². The molecule has 2 aromatic heterocycles. The van der Waals surface area contributed by atoms with Crippen molar-refractivity contribution in [2.45, 2.75) is 19.3 Å². The third-order valence-electron chi connectivity index (χ3n) is 4.52. The number of imidazole rings is 1. The number of H-pyrrole nitrogens is 1. The second-order valence-electron chi connectivity index (χ2n) is 6.40. The standard InChI is InChI=1S/C18H21N7O/c19-13-5-1-4-12(10-13)16-23-15-17(21-11-22-18(15)24-16)20-7-3-9-25-8-2-6-14(25)26/h1,4-5,10-11H,2-3,6-9,19H2,(H2,20,21,22,23,24). The van der Waals surface area contributed by atoms with E-state index in [-0.39, 0.29) is 5.91 Å². The van der Waals surface area contributed by atoms with Gasteiger partial charge in [0.25, 0.3) is 0 Å². The molecule has 4 rings (SSSR count). The van der Waals surface area contributed by atoms with E-state index in [1.807, 2.05) is 29.2 Å². The number of nitrogen functional groups attached to an aromatic ring is 1. The predicted molar refractivity (Wildman–Crippen MR) is 100 cm³/mol. The topological polar surface area (TPSA) is 113 Å². The third kappa shape index (κ3) is 3.30. The molecule has 1 saturated heterocycles. The zero-order valence-electron chi connectivity index (χ0n) is 14.4. The number of fused-ring (bicyclic) bond motifs is 1. The van der Waals surface area contributed by atoms with E-state index in [0.717, 1.165) is 43.6 Å². The van der Waals surface area contributed by atoms with Crippen LogP contribution in [0.1, 0.15) is 19.3 Å². The molecule has 134 valence electrons. The van der Waals surface area contributed by atoms with Gasteiger partial charge in [-0.25, -0.2) is 15.0 Å². The van der Waals surface area contributed by atoms with Gasteiger partial charge in [0.15, 0.2) is 11.5 Å². The van der Waals surface area contributed by atoms with Crippen LogP contribution in [0.25, 0.3) is 22.6 Å². The zero-order chi connectivity index (χ0) is 17.9. The summed E-state index contributed by atoms with van der Waals surface area (Å²) in [5.74, 6) is 1.68. The quantitative estimate of drug-likeness (QED) is 0.463. The molecule has 1 amide bonds. The van der Waals surface area contributed by atoms with Crippen LogP contribution in [-0.2, 0) is 4.79 Å². The van der Waals surface area contributed by atoms with E-state index in [2.05, 4.69) is 25.3 Å². The third-order valence-corrected chi connectivity index (χ3v) is 4.52. The molecule has 1 aromatic carbocycles. The first-order valence-corrected chi connectivity index (χ1v) is 8.79. The number of rotatable bonds is 6. The number of nitrogens with one attached hydrogen (secondary N) is 2. The lowest BCUT2D eigenvalue weighted by Gasteiger charge is -2.15. The lowest BCUT2D eigenvalue weighted by Crippen LogP contribution is -2.27. The summed E-state index contributed by atoms with van der Waals surface area (Å²) in [6.07, 6.45) is 4.02. The second kappa shape index (κ2) is 6.99. The number of anilines is 2. The molecule has 0 saturated carbocycles. The largest absolute Gasteiger partial charge is 0.399 e. The minimum atomic E-state index is 0.259. The van der Waals surface area contributed by atoms with Crippen molar-refractivity contribution in [1.82, 2.24) is 24.8 Å². The number of nitrogens with two attached hydrogens (primary N) is 1. The Morgan fingerprint density at radius 2 is 2.23 bits per heavy atom. The van der Waals surface area contributed by atoms with E-state index in [9.17, 15) is 4.79 Å². The highest BCUT2D eigenvalue weighted by molar-refractivity contribution is 5.85. The first-order valence-electron chi connectivity index (χ1n) is 8.79. The zero-order valence-corrected chi connectivity index (χ0v) is 14.4. The summed E-state index contributed by atoms with van der Waals surface area (Å²) in [6, 6.07) is 7.54. The van der Waals surface area contributed by atoms with Crippen LogP contribution in [0.4, 0.5) is 11.5 Å². The number of benzene rings is 1. The van der Waals surface area contributed by atoms with Crippen molar-refractivity contribution >= 4 is 28.6 Å². The summed E-state index contributed by atoms with van der Waals surface area (Å²) in [5.41, 5.74) is 8.81. The molecule has 8 nitrogen and oxygen atoms in total. The van der Waals surface area contributed by atoms with Gasteiger partial charge in [-0.1, -0.05) is 12.1 Å². The Kier molecular flexibility index (Phi) is 4.39. The van der Waals surface area contributed by atoms with Crippen molar-refractivity contribution in [3.8, 4) is 11.4 Å². The summed E-state index contributed by atoms with van der Waals surface area (Å²) in [6.45, 7) is 2.38. The number of amides is 1. The fraction of sp³-hybridized carbons (Fsp3) is 0.333. The van der Waals surface area contributed by atoms with Gasteiger partial charge < -0.3 is 20.9 Å². The van der Waals surface area contributed by atoms with Crippen LogP contribution in [0.2, 0.25) is 0 Å². The molecule has 1 aliphatic rings. The molecule has 0 aliphatic carbocycles. The van der Waals surface area contributed by atoms with Gasteiger partial charge in [0, 0.05) is 37.3 Å². The van der Waals surface area contributed by atoms with Crippen molar-refractivity contribution < 1.29 is 4.79 Å². The SMILES string of the molecule is Nc1cccc(-c2nc3ncnc(NCCCN4CCCC4=O)c3[nH]2)c1. The number of carbonyl (C=O) groups is 1. The normalized spacial score (nSPS) is 14.3. The number of aromatic amines is 1. The van der Waals surface area contributed by atoms with Crippen LogP contribution in [0, 0.1) is 0 Å². The Bertz CT molecular complexity index is 936. The number of likely N-dealkylation sites (tertiary alicyclic amines) is 1. The molecule has 0 unspecified atom stereocenters. The summed E-state index contributed by atoms with van der Waals surface area (Å²) < 4.78 is 0. The highest BCUT2D eigenvalue weighted by Gasteiger charge is 2.19. The fourth-order valence-corrected chi connectivity index (χ4v) is 3.20. The molecule has 1 fully saturated rings. The van der Waals surface area contributed by atoms with Crippen molar-refractivity contribution in [3.63, 3.8) is 0 Å². The van der Waals surface area contributed by atoms with E-state index in [1.165, 1.54) is 6.33 Å². The molecule has 0 atom stereocenters. The molecule has 4 N–H and O–H groups in total. The molecular formula is C18H21N7O. The van der Waals surface area contributed by atoms with Gasteiger partial charge in [-0.05, 0) is 25.0 Å². The van der Waals surface area contributed by atoms with Gasteiger partial charge >= 0.3 is 0 Å². The average Bonchev–Trinajstić information content (AvgIpc) is 3.25. The van der Waals surface area contributed by atoms with Crippen LogP contribution >= 0.6 is 0 Å². The predicted octanol–water partition coefficient (Wildman–Crippen LogP) is 2.03.